The minimum Gasteiger partial charge on any atom is -0.356 e. The summed E-state index contributed by atoms with van der Waals surface area (Å²) in [6, 6.07) is 2.42. The van der Waals surface area contributed by atoms with E-state index in [1.165, 1.54) is 5.56 Å². The average Bonchev–Trinajstić information content (AvgIpc) is 2.33. The van der Waals surface area contributed by atoms with Crippen LogP contribution in [0.25, 0.3) is 0 Å². The molecule has 1 amide bonds. The number of anilines is 1. The van der Waals surface area contributed by atoms with E-state index >= 15 is 0 Å². The molecule has 0 radical (unpaired) electrons. The molecule has 2 rings (SSSR count). The summed E-state index contributed by atoms with van der Waals surface area (Å²) in [5, 5.41) is 2.98. The molecular formula is C13H18BrN3O. The summed E-state index contributed by atoms with van der Waals surface area (Å²) in [7, 11) is 0. The molecule has 1 saturated heterocycles. The highest BCUT2D eigenvalue weighted by Crippen LogP contribution is 2.22. The van der Waals surface area contributed by atoms with E-state index in [0.29, 0.717) is 6.04 Å². The van der Waals surface area contributed by atoms with E-state index in [-0.39, 0.29) is 5.91 Å². The summed E-state index contributed by atoms with van der Waals surface area (Å²) in [4.78, 5) is 17.7. The number of carbonyl (C=O) groups is 1. The van der Waals surface area contributed by atoms with Gasteiger partial charge in [-0.1, -0.05) is 0 Å². The Morgan fingerprint density at radius 3 is 2.72 bits per heavy atom. The third kappa shape index (κ3) is 3.22. The highest BCUT2D eigenvalue weighted by atomic mass is 79.9. The van der Waals surface area contributed by atoms with E-state index in [9.17, 15) is 4.79 Å². The van der Waals surface area contributed by atoms with E-state index < -0.39 is 0 Å². The quantitative estimate of drug-likeness (QED) is 0.911. The summed E-state index contributed by atoms with van der Waals surface area (Å²) in [6.45, 7) is 5.53. The van der Waals surface area contributed by atoms with Crippen molar-refractivity contribution in [3.05, 3.63) is 22.3 Å². The highest BCUT2D eigenvalue weighted by molar-refractivity contribution is 9.10. The van der Waals surface area contributed by atoms with E-state index in [1.54, 1.807) is 6.92 Å². The molecule has 0 bridgehead atoms. The zero-order valence-corrected chi connectivity index (χ0v) is 12.3. The van der Waals surface area contributed by atoms with Crippen LogP contribution in [0.15, 0.2) is 16.7 Å². The second kappa shape index (κ2) is 5.69. The Morgan fingerprint density at radius 2 is 2.17 bits per heavy atom. The number of amides is 1. The smallest absolute Gasteiger partial charge is 0.217 e. The predicted molar refractivity (Wildman–Crippen MR) is 75.7 cm³/mol. The van der Waals surface area contributed by atoms with Crippen molar-refractivity contribution in [2.75, 3.05) is 18.0 Å². The first kappa shape index (κ1) is 13.3. The van der Waals surface area contributed by atoms with Crippen LogP contribution in [0.1, 0.15) is 25.3 Å². The molecule has 1 aliphatic heterocycles. The van der Waals surface area contributed by atoms with Crippen molar-refractivity contribution in [2.24, 2.45) is 0 Å². The van der Waals surface area contributed by atoms with Gasteiger partial charge in [-0.15, -0.1) is 0 Å². The summed E-state index contributed by atoms with van der Waals surface area (Å²) in [5.41, 5.74) is 1.20. The van der Waals surface area contributed by atoms with Gasteiger partial charge in [-0.2, -0.15) is 0 Å². The Bertz CT molecular complexity index is 442. The van der Waals surface area contributed by atoms with Crippen LogP contribution in [0.4, 0.5) is 5.82 Å². The fraction of sp³-hybridized carbons (Fsp3) is 0.538. The van der Waals surface area contributed by atoms with Crippen molar-refractivity contribution in [1.29, 1.82) is 0 Å². The van der Waals surface area contributed by atoms with Crippen LogP contribution in [-0.4, -0.2) is 30.0 Å². The van der Waals surface area contributed by atoms with Gasteiger partial charge in [0.1, 0.15) is 5.82 Å². The Morgan fingerprint density at radius 1 is 1.50 bits per heavy atom. The van der Waals surface area contributed by atoms with Crippen molar-refractivity contribution in [2.45, 2.75) is 32.7 Å². The van der Waals surface area contributed by atoms with E-state index in [4.69, 9.17) is 0 Å². The number of aromatic nitrogens is 1. The maximum atomic E-state index is 11.0. The van der Waals surface area contributed by atoms with Gasteiger partial charge in [-0.25, -0.2) is 4.98 Å². The summed E-state index contributed by atoms with van der Waals surface area (Å²) in [6.07, 6.45) is 3.82. The van der Waals surface area contributed by atoms with Crippen molar-refractivity contribution in [3.8, 4) is 0 Å². The molecule has 0 unspecified atom stereocenters. The van der Waals surface area contributed by atoms with E-state index in [2.05, 4.69) is 44.1 Å². The van der Waals surface area contributed by atoms with Crippen LogP contribution in [0, 0.1) is 6.92 Å². The molecule has 5 heteroatoms. The second-order valence-electron chi connectivity index (χ2n) is 4.75. The van der Waals surface area contributed by atoms with Gasteiger partial charge in [0.2, 0.25) is 5.91 Å². The van der Waals surface area contributed by atoms with E-state index in [0.717, 1.165) is 36.2 Å². The number of piperidine rings is 1. The molecule has 0 atom stereocenters. The minimum atomic E-state index is 0.0612. The van der Waals surface area contributed by atoms with Gasteiger partial charge in [0.05, 0.1) is 0 Å². The van der Waals surface area contributed by atoms with Crippen molar-refractivity contribution in [1.82, 2.24) is 10.3 Å². The standard InChI is InChI=1S/C13H18BrN3O/c1-9-7-13(15-8-12(9)14)17-5-3-11(4-6-17)16-10(2)18/h7-8,11H,3-6H2,1-2H3,(H,16,18). The first-order chi connectivity index (χ1) is 8.56. The van der Waals surface area contributed by atoms with Gasteiger partial charge in [0, 0.05) is 36.7 Å². The number of hydrogen-bond acceptors (Lipinski definition) is 3. The van der Waals surface area contributed by atoms with Crippen LogP contribution >= 0.6 is 15.9 Å². The zero-order valence-electron chi connectivity index (χ0n) is 10.7. The summed E-state index contributed by atoms with van der Waals surface area (Å²) in [5.74, 6) is 1.09. The number of hydrogen-bond donors (Lipinski definition) is 1. The maximum absolute atomic E-state index is 11.0. The first-order valence-electron chi connectivity index (χ1n) is 6.20. The lowest BCUT2D eigenvalue weighted by atomic mass is 10.0. The Kier molecular flexibility index (Phi) is 4.22. The molecular weight excluding hydrogens is 294 g/mol. The third-order valence-electron chi connectivity index (χ3n) is 3.26. The molecule has 2 heterocycles. The van der Waals surface area contributed by atoms with Crippen molar-refractivity contribution < 1.29 is 4.79 Å². The normalized spacial score (nSPS) is 16.7. The SMILES string of the molecule is CC(=O)NC1CCN(c2cc(C)c(Br)cn2)CC1. The predicted octanol–water partition coefficient (Wildman–Crippen LogP) is 2.26. The van der Waals surface area contributed by atoms with Crippen LogP contribution in [-0.2, 0) is 4.79 Å². The lowest BCUT2D eigenvalue weighted by molar-refractivity contribution is -0.119. The molecule has 0 aromatic carbocycles. The molecule has 0 aliphatic carbocycles. The van der Waals surface area contributed by atoms with Crippen molar-refractivity contribution in [3.63, 3.8) is 0 Å². The Hall–Kier alpha value is -1.10. The van der Waals surface area contributed by atoms with E-state index in [1.807, 2.05) is 6.20 Å². The van der Waals surface area contributed by atoms with Gasteiger partial charge in [-0.3, -0.25) is 4.79 Å². The summed E-state index contributed by atoms with van der Waals surface area (Å²) < 4.78 is 1.04. The van der Waals surface area contributed by atoms with Gasteiger partial charge in [-0.05, 0) is 47.3 Å². The number of nitrogens with zero attached hydrogens (tertiary/aromatic N) is 2. The Balaban J connectivity index is 1.96. The molecule has 98 valence electrons. The minimum absolute atomic E-state index is 0.0612. The van der Waals surface area contributed by atoms with Crippen LogP contribution in [0.5, 0.6) is 0 Å². The number of nitrogens with one attached hydrogen (secondary N) is 1. The molecule has 1 aromatic heterocycles. The third-order valence-corrected chi connectivity index (χ3v) is 4.09. The number of rotatable bonds is 2. The molecule has 1 N–H and O–H groups in total. The molecule has 0 spiro atoms. The van der Waals surface area contributed by atoms with Gasteiger partial charge >= 0.3 is 0 Å². The van der Waals surface area contributed by atoms with Crippen LogP contribution in [0.3, 0.4) is 0 Å². The molecule has 1 aromatic rings. The number of carbonyl (C=O) groups excluding carboxylic acids is 1. The van der Waals surface area contributed by atoms with Crippen LogP contribution < -0.4 is 10.2 Å². The second-order valence-corrected chi connectivity index (χ2v) is 5.61. The molecule has 4 nitrogen and oxygen atoms in total. The Labute approximate surface area is 116 Å². The fourth-order valence-electron chi connectivity index (χ4n) is 2.24. The lowest BCUT2D eigenvalue weighted by Crippen LogP contribution is -2.44. The number of halogens is 1. The number of pyridine rings is 1. The maximum Gasteiger partial charge on any atom is 0.217 e. The van der Waals surface area contributed by atoms with Gasteiger partial charge in [0.15, 0.2) is 0 Å². The highest BCUT2D eigenvalue weighted by Gasteiger charge is 2.20. The topological polar surface area (TPSA) is 45.2 Å². The van der Waals surface area contributed by atoms with Gasteiger partial charge in [0.25, 0.3) is 0 Å². The molecule has 0 saturated carbocycles. The molecule has 1 fully saturated rings. The fourth-order valence-corrected chi connectivity index (χ4v) is 2.45. The van der Waals surface area contributed by atoms with Gasteiger partial charge < -0.3 is 10.2 Å². The van der Waals surface area contributed by atoms with Crippen molar-refractivity contribution >= 4 is 27.7 Å². The average molecular weight is 312 g/mol. The number of aryl methyl sites for hydroxylation is 1. The first-order valence-corrected chi connectivity index (χ1v) is 7.00. The van der Waals surface area contributed by atoms with Crippen LogP contribution in [0.2, 0.25) is 0 Å². The molecule has 1 aliphatic rings. The lowest BCUT2D eigenvalue weighted by Gasteiger charge is -2.33. The summed E-state index contributed by atoms with van der Waals surface area (Å²) >= 11 is 3.46. The molecule has 18 heavy (non-hydrogen) atoms. The largest absolute Gasteiger partial charge is 0.356 e. The zero-order chi connectivity index (χ0) is 13.1. The monoisotopic (exact) mass is 311 g/mol.